The molecule has 0 bridgehead atoms. The molecule has 0 amide bonds. The monoisotopic (exact) mass is 300 g/mol. The molecule has 0 aromatic carbocycles. The first-order chi connectivity index (χ1) is 8.74. The van der Waals surface area contributed by atoms with E-state index in [2.05, 4.69) is 0 Å². The van der Waals surface area contributed by atoms with Crippen LogP contribution in [0.25, 0.3) is 0 Å². The highest BCUT2D eigenvalue weighted by molar-refractivity contribution is 7.86. The van der Waals surface area contributed by atoms with Gasteiger partial charge in [0.25, 0.3) is 0 Å². The number of rotatable bonds is 6. The quantitative estimate of drug-likeness (QED) is 0.463. The molecule has 1 aliphatic carbocycles. The Labute approximate surface area is 111 Å². The molecule has 0 heterocycles. The lowest BCUT2D eigenvalue weighted by molar-refractivity contribution is -0.150. The van der Waals surface area contributed by atoms with Crippen LogP contribution in [0, 0.1) is 5.92 Å². The van der Waals surface area contributed by atoms with Gasteiger partial charge < -0.3 is 4.74 Å². The average molecular weight is 300 g/mol. The van der Waals surface area contributed by atoms with Crippen molar-refractivity contribution in [1.29, 1.82) is 0 Å². The maximum Gasteiger partial charge on any atom is 0.370 e. The first-order valence-electron chi connectivity index (χ1n) is 6.25. The predicted octanol–water partition coefficient (Wildman–Crippen LogP) is 2.37. The van der Waals surface area contributed by atoms with Crippen molar-refractivity contribution in [3.63, 3.8) is 0 Å². The zero-order valence-corrected chi connectivity index (χ0v) is 11.3. The van der Waals surface area contributed by atoms with Gasteiger partial charge in [-0.2, -0.15) is 17.2 Å². The van der Waals surface area contributed by atoms with Crippen LogP contribution in [0.15, 0.2) is 0 Å². The SMILES string of the molecule is O=C(OCCCC(F)(F)S(=O)(=O)O)C1CCCCC1. The molecule has 1 rings (SSSR count). The maximum absolute atomic E-state index is 12.8. The number of carbonyl (C=O) groups is 1. The minimum Gasteiger partial charge on any atom is -0.465 e. The third kappa shape index (κ3) is 5.02. The van der Waals surface area contributed by atoms with Crippen LogP contribution < -0.4 is 0 Å². The van der Waals surface area contributed by atoms with Gasteiger partial charge in [0.1, 0.15) is 0 Å². The Morgan fingerprint density at radius 1 is 1.26 bits per heavy atom. The van der Waals surface area contributed by atoms with Crippen molar-refractivity contribution in [2.24, 2.45) is 5.92 Å². The number of alkyl halides is 2. The van der Waals surface area contributed by atoms with Crippen molar-refractivity contribution < 1.29 is 31.3 Å². The molecule has 0 aromatic heterocycles. The molecule has 112 valence electrons. The fourth-order valence-electron chi connectivity index (χ4n) is 2.04. The summed E-state index contributed by atoms with van der Waals surface area (Å²) in [5, 5.41) is -4.19. The van der Waals surface area contributed by atoms with Gasteiger partial charge in [-0.25, -0.2) is 0 Å². The lowest BCUT2D eigenvalue weighted by Crippen LogP contribution is -2.28. The lowest BCUT2D eigenvalue weighted by Gasteiger charge is -2.20. The number of carbonyl (C=O) groups excluding carboxylic acids is 1. The van der Waals surface area contributed by atoms with Crippen molar-refractivity contribution in [3.05, 3.63) is 0 Å². The Hall–Kier alpha value is -0.760. The minimum atomic E-state index is -5.40. The summed E-state index contributed by atoms with van der Waals surface area (Å²) in [4.78, 5) is 11.5. The second kappa shape index (κ2) is 6.60. The van der Waals surface area contributed by atoms with E-state index in [0.717, 1.165) is 32.1 Å². The third-order valence-corrected chi connectivity index (χ3v) is 4.13. The Balaban J connectivity index is 2.25. The van der Waals surface area contributed by atoms with Crippen LogP contribution in [-0.2, 0) is 19.6 Å². The Kier molecular flexibility index (Phi) is 5.66. The van der Waals surface area contributed by atoms with Crippen molar-refractivity contribution in [2.45, 2.75) is 50.2 Å². The molecule has 0 unspecified atom stereocenters. The number of ether oxygens (including phenoxy) is 1. The normalized spacial score (nSPS) is 18.3. The second-order valence-electron chi connectivity index (χ2n) is 4.72. The van der Waals surface area contributed by atoms with E-state index in [9.17, 15) is 22.0 Å². The van der Waals surface area contributed by atoms with Crippen LogP contribution in [0.5, 0.6) is 0 Å². The summed E-state index contributed by atoms with van der Waals surface area (Å²) < 4.78 is 59.4. The molecule has 0 radical (unpaired) electrons. The van der Waals surface area contributed by atoms with E-state index in [-0.39, 0.29) is 18.9 Å². The molecular formula is C11H18F2O5S. The number of hydrogen-bond donors (Lipinski definition) is 1. The van der Waals surface area contributed by atoms with Crippen molar-refractivity contribution in [2.75, 3.05) is 6.61 Å². The summed E-state index contributed by atoms with van der Waals surface area (Å²) in [5.74, 6) is -0.578. The summed E-state index contributed by atoms with van der Waals surface area (Å²) in [6, 6.07) is 0. The van der Waals surface area contributed by atoms with Crippen LogP contribution in [0.4, 0.5) is 8.78 Å². The van der Waals surface area contributed by atoms with Gasteiger partial charge in [0.15, 0.2) is 0 Å². The number of hydrogen-bond acceptors (Lipinski definition) is 4. The molecule has 0 spiro atoms. The maximum atomic E-state index is 12.8. The zero-order valence-electron chi connectivity index (χ0n) is 10.5. The van der Waals surface area contributed by atoms with Gasteiger partial charge in [0.05, 0.1) is 12.5 Å². The highest BCUT2D eigenvalue weighted by Crippen LogP contribution is 2.27. The molecule has 1 saturated carbocycles. The molecule has 0 aliphatic heterocycles. The van der Waals surface area contributed by atoms with E-state index < -0.39 is 27.8 Å². The number of halogens is 2. The van der Waals surface area contributed by atoms with Crippen molar-refractivity contribution >= 4 is 16.1 Å². The summed E-state index contributed by atoms with van der Waals surface area (Å²) in [7, 11) is -5.40. The van der Waals surface area contributed by atoms with E-state index in [4.69, 9.17) is 9.29 Å². The molecule has 1 aliphatic rings. The Morgan fingerprint density at radius 2 is 1.84 bits per heavy atom. The van der Waals surface area contributed by atoms with Crippen molar-refractivity contribution in [3.8, 4) is 0 Å². The Morgan fingerprint density at radius 3 is 2.37 bits per heavy atom. The van der Waals surface area contributed by atoms with E-state index >= 15 is 0 Å². The smallest absolute Gasteiger partial charge is 0.370 e. The molecule has 1 fully saturated rings. The third-order valence-electron chi connectivity index (χ3n) is 3.17. The van der Waals surface area contributed by atoms with Crippen LogP contribution in [-0.4, -0.2) is 30.8 Å². The number of esters is 1. The molecular weight excluding hydrogens is 282 g/mol. The van der Waals surface area contributed by atoms with Crippen LogP contribution in [0.3, 0.4) is 0 Å². The topological polar surface area (TPSA) is 80.7 Å². The molecule has 0 saturated heterocycles. The zero-order chi connectivity index (χ0) is 14.5. The summed E-state index contributed by atoms with van der Waals surface area (Å²) in [5.41, 5.74) is 0. The standard InChI is InChI=1S/C11H18F2O5S/c12-11(13,19(15,16)17)7-4-8-18-10(14)9-5-2-1-3-6-9/h9H,1-8H2,(H,15,16,17). The van der Waals surface area contributed by atoms with Gasteiger partial charge >= 0.3 is 21.3 Å². The summed E-state index contributed by atoms with van der Waals surface area (Å²) in [6.07, 6.45) is 3.13. The molecule has 8 heteroatoms. The van der Waals surface area contributed by atoms with Crippen LogP contribution >= 0.6 is 0 Å². The summed E-state index contributed by atoms with van der Waals surface area (Å²) in [6.45, 7) is -0.263. The molecule has 1 N–H and O–H groups in total. The molecule has 0 aromatic rings. The van der Waals surface area contributed by atoms with Gasteiger partial charge in [-0.15, -0.1) is 0 Å². The molecule has 0 atom stereocenters. The van der Waals surface area contributed by atoms with Crippen molar-refractivity contribution in [1.82, 2.24) is 0 Å². The first-order valence-corrected chi connectivity index (χ1v) is 7.69. The van der Waals surface area contributed by atoms with E-state index in [1.807, 2.05) is 0 Å². The predicted molar refractivity (Wildman–Crippen MR) is 63.3 cm³/mol. The van der Waals surface area contributed by atoms with Crippen LogP contribution in [0.2, 0.25) is 0 Å². The van der Waals surface area contributed by atoms with E-state index in [1.54, 1.807) is 0 Å². The fraction of sp³-hybridized carbons (Fsp3) is 0.909. The summed E-state index contributed by atoms with van der Waals surface area (Å²) >= 11 is 0. The largest absolute Gasteiger partial charge is 0.465 e. The lowest BCUT2D eigenvalue weighted by atomic mass is 9.89. The average Bonchev–Trinajstić information content (AvgIpc) is 2.34. The fourth-order valence-corrected chi connectivity index (χ4v) is 2.44. The highest BCUT2D eigenvalue weighted by atomic mass is 32.2. The van der Waals surface area contributed by atoms with Gasteiger partial charge in [0, 0.05) is 6.42 Å². The minimum absolute atomic E-state index is 0.171. The molecule has 5 nitrogen and oxygen atoms in total. The second-order valence-corrected chi connectivity index (χ2v) is 6.27. The highest BCUT2D eigenvalue weighted by Gasteiger charge is 2.43. The molecule has 19 heavy (non-hydrogen) atoms. The van der Waals surface area contributed by atoms with Crippen LogP contribution in [0.1, 0.15) is 44.9 Å². The van der Waals surface area contributed by atoms with Gasteiger partial charge in [-0.05, 0) is 19.3 Å². The van der Waals surface area contributed by atoms with Gasteiger partial charge in [0.2, 0.25) is 0 Å². The first kappa shape index (κ1) is 16.3. The van der Waals surface area contributed by atoms with Gasteiger partial charge in [-0.3, -0.25) is 9.35 Å². The van der Waals surface area contributed by atoms with E-state index in [0.29, 0.717) is 0 Å². The van der Waals surface area contributed by atoms with Gasteiger partial charge in [-0.1, -0.05) is 19.3 Å². The Bertz CT molecular complexity index is 401. The van der Waals surface area contributed by atoms with E-state index in [1.165, 1.54) is 0 Å².